The van der Waals surface area contributed by atoms with E-state index in [1.54, 1.807) is 13.0 Å². The van der Waals surface area contributed by atoms with Gasteiger partial charge in [-0.15, -0.1) is 0 Å². The number of aliphatic hydroxyl groups is 3. The second-order valence-corrected chi connectivity index (χ2v) is 6.77. The van der Waals surface area contributed by atoms with Crippen molar-refractivity contribution >= 4 is 22.9 Å². The van der Waals surface area contributed by atoms with Crippen LogP contribution in [0.2, 0.25) is 0 Å². The van der Waals surface area contributed by atoms with E-state index in [0.29, 0.717) is 10.9 Å². The minimum atomic E-state index is -1.70. The van der Waals surface area contributed by atoms with Crippen LogP contribution < -0.4 is 15.5 Å². The van der Waals surface area contributed by atoms with E-state index >= 15 is 0 Å². The van der Waals surface area contributed by atoms with Crippen molar-refractivity contribution < 1.29 is 48.6 Å². The molecule has 3 N–H and O–H groups in total. The molecule has 0 unspecified atom stereocenters. The maximum atomic E-state index is 11.6. The van der Waals surface area contributed by atoms with Crippen molar-refractivity contribution in [2.24, 2.45) is 0 Å². The fraction of sp³-hybridized carbons (Fsp3) is 0.421. The van der Waals surface area contributed by atoms with E-state index < -0.39 is 61.3 Å². The van der Waals surface area contributed by atoms with Crippen LogP contribution in [0.3, 0.4) is 0 Å². The highest BCUT2D eigenvalue weighted by atomic mass is 16.7. The lowest BCUT2D eigenvalue weighted by molar-refractivity contribution is -0.305. The molecule has 0 spiro atoms. The monoisotopic (exact) mass is 423 g/mol. The number of rotatable bonds is 6. The van der Waals surface area contributed by atoms with Gasteiger partial charge in [0.2, 0.25) is 6.29 Å². The van der Waals surface area contributed by atoms with Gasteiger partial charge in [-0.25, -0.2) is 4.79 Å². The summed E-state index contributed by atoms with van der Waals surface area (Å²) in [4.78, 5) is 33.3. The summed E-state index contributed by atoms with van der Waals surface area (Å²) in [6.07, 6.45) is -8.75. The zero-order valence-electron chi connectivity index (χ0n) is 15.7. The smallest absolute Gasteiger partial charge is 0.336 e. The van der Waals surface area contributed by atoms with Crippen molar-refractivity contribution in [3.63, 3.8) is 0 Å². The Kier molecular flexibility index (Phi) is 6.37. The first kappa shape index (κ1) is 21.7. The number of aryl methyl sites for hydroxylation is 1. The number of fused-ring (bicyclic) bond motifs is 1. The maximum absolute atomic E-state index is 11.6. The van der Waals surface area contributed by atoms with E-state index in [4.69, 9.17) is 13.9 Å². The Bertz CT molecular complexity index is 998. The van der Waals surface area contributed by atoms with Crippen LogP contribution in [-0.4, -0.2) is 64.6 Å². The van der Waals surface area contributed by atoms with Gasteiger partial charge in [-0.2, -0.15) is 0 Å². The number of carboxylic acids is 1. The van der Waals surface area contributed by atoms with Crippen molar-refractivity contribution in [1.82, 2.24) is 0 Å². The van der Waals surface area contributed by atoms with Gasteiger partial charge in [0.25, 0.3) is 0 Å². The number of aliphatic carboxylic acids is 1. The lowest BCUT2D eigenvalue weighted by Crippen LogP contribution is -2.60. The number of aliphatic hydroxyl groups excluding tert-OH is 3. The first-order valence-corrected chi connectivity index (χ1v) is 8.92. The first-order chi connectivity index (χ1) is 14.2. The number of carboxylic acid groups (broad SMARTS) is 1. The Morgan fingerprint density at radius 2 is 1.87 bits per heavy atom. The zero-order valence-corrected chi connectivity index (χ0v) is 15.7. The van der Waals surface area contributed by atoms with Crippen LogP contribution >= 0.6 is 0 Å². The average Bonchev–Trinajstić information content (AvgIpc) is 2.66. The lowest BCUT2D eigenvalue weighted by atomic mass is 9.99. The largest absolute Gasteiger partial charge is 0.550 e. The molecule has 0 bridgehead atoms. The minimum absolute atomic E-state index is 0.136. The van der Waals surface area contributed by atoms with Crippen LogP contribution in [-0.2, 0) is 19.1 Å². The van der Waals surface area contributed by atoms with Crippen molar-refractivity contribution in [2.45, 2.75) is 44.1 Å². The van der Waals surface area contributed by atoms with Gasteiger partial charge < -0.3 is 43.8 Å². The molecule has 2 heterocycles. The normalized spacial score (nSPS) is 26.3. The molecule has 0 radical (unpaired) electrons. The second kappa shape index (κ2) is 8.79. The van der Waals surface area contributed by atoms with Crippen molar-refractivity contribution in [1.29, 1.82) is 0 Å². The standard InChI is InChI=1S/C19H20O11/c1-8-4-15(23)29-11-5-9(2-3-10(8)11)28-19-18(26)17(25)16(24)12(30-19)7-27-14(22)6-13(20)21/h2-5,12,16-19,24-26H,6-7H2,1H3,(H,20,21)/p-1/t12-,16-,17+,18-,19-/m1/s1. The third-order valence-corrected chi connectivity index (χ3v) is 4.54. The molecule has 5 atom stereocenters. The summed E-state index contributed by atoms with van der Waals surface area (Å²) in [6, 6.07) is 5.88. The number of esters is 1. The number of carbonyl (C=O) groups is 2. The van der Waals surface area contributed by atoms with Crippen LogP contribution in [0.1, 0.15) is 12.0 Å². The summed E-state index contributed by atoms with van der Waals surface area (Å²) in [5.41, 5.74) is 0.373. The van der Waals surface area contributed by atoms with E-state index in [1.165, 1.54) is 18.2 Å². The van der Waals surface area contributed by atoms with Crippen LogP contribution in [0.25, 0.3) is 11.0 Å². The Morgan fingerprint density at radius 1 is 1.13 bits per heavy atom. The predicted octanol–water partition coefficient (Wildman–Crippen LogP) is -2.03. The molecule has 3 rings (SSSR count). The quantitative estimate of drug-likeness (QED) is 0.265. The van der Waals surface area contributed by atoms with E-state index in [0.717, 1.165) is 0 Å². The molecule has 11 heteroatoms. The van der Waals surface area contributed by atoms with Gasteiger partial charge in [0, 0.05) is 17.5 Å². The molecule has 1 fully saturated rings. The van der Waals surface area contributed by atoms with Crippen LogP contribution in [0.5, 0.6) is 5.75 Å². The average molecular weight is 423 g/mol. The Morgan fingerprint density at radius 3 is 2.57 bits per heavy atom. The highest BCUT2D eigenvalue weighted by Gasteiger charge is 2.45. The van der Waals surface area contributed by atoms with E-state index in [2.05, 4.69) is 4.74 Å². The van der Waals surface area contributed by atoms with Gasteiger partial charge in [-0.3, -0.25) is 4.79 Å². The SMILES string of the molecule is Cc1cc(=O)oc2cc(O[C@@H]3O[C@H](COC(=O)CC(=O)[O-])[C@@H](O)[C@H](O)[C@H]3O)ccc12. The summed E-state index contributed by atoms with van der Waals surface area (Å²) in [6.45, 7) is 1.14. The van der Waals surface area contributed by atoms with Crippen LogP contribution in [0.15, 0.2) is 33.5 Å². The van der Waals surface area contributed by atoms with Gasteiger partial charge in [-0.05, 0) is 24.6 Å². The molecule has 1 aliphatic heterocycles. The molecule has 0 saturated carbocycles. The van der Waals surface area contributed by atoms with E-state index in [1.807, 2.05) is 0 Å². The molecular weight excluding hydrogens is 404 g/mol. The molecule has 0 amide bonds. The van der Waals surface area contributed by atoms with E-state index in [-0.39, 0.29) is 11.3 Å². The Labute approximate surface area is 169 Å². The van der Waals surface area contributed by atoms with Crippen molar-refractivity contribution in [2.75, 3.05) is 6.61 Å². The molecule has 0 aliphatic carbocycles. The van der Waals surface area contributed by atoms with Crippen LogP contribution in [0.4, 0.5) is 0 Å². The van der Waals surface area contributed by atoms with Crippen LogP contribution in [0, 0.1) is 6.92 Å². The molecule has 1 aromatic heterocycles. The van der Waals surface area contributed by atoms with Crippen molar-refractivity contribution in [3.05, 3.63) is 40.2 Å². The summed E-state index contributed by atoms with van der Waals surface area (Å²) in [5.74, 6) is -2.62. The van der Waals surface area contributed by atoms with Gasteiger partial charge in [0.15, 0.2) is 0 Å². The number of ether oxygens (including phenoxy) is 3. The zero-order chi connectivity index (χ0) is 22.0. The molecule has 1 aliphatic rings. The lowest BCUT2D eigenvalue weighted by Gasteiger charge is -2.39. The maximum Gasteiger partial charge on any atom is 0.336 e. The Hall–Kier alpha value is -2.99. The number of hydrogen-bond acceptors (Lipinski definition) is 11. The number of carbonyl (C=O) groups excluding carboxylic acids is 2. The number of benzene rings is 1. The van der Waals surface area contributed by atoms with Crippen molar-refractivity contribution in [3.8, 4) is 5.75 Å². The summed E-state index contributed by atoms with van der Waals surface area (Å²) in [7, 11) is 0. The third-order valence-electron chi connectivity index (χ3n) is 4.54. The highest BCUT2D eigenvalue weighted by Crippen LogP contribution is 2.27. The van der Waals surface area contributed by atoms with Gasteiger partial charge in [-0.1, -0.05) is 0 Å². The first-order valence-electron chi connectivity index (χ1n) is 8.92. The summed E-state index contributed by atoms with van der Waals surface area (Å²) >= 11 is 0. The summed E-state index contributed by atoms with van der Waals surface area (Å²) in [5, 5.41) is 41.3. The topological polar surface area (TPSA) is 176 Å². The second-order valence-electron chi connectivity index (χ2n) is 6.77. The molecule has 1 aromatic carbocycles. The van der Waals surface area contributed by atoms with E-state index in [9.17, 15) is 34.8 Å². The highest BCUT2D eigenvalue weighted by molar-refractivity contribution is 5.89. The molecule has 11 nitrogen and oxygen atoms in total. The third kappa shape index (κ3) is 4.76. The molecule has 2 aromatic rings. The molecule has 1 saturated heterocycles. The number of hydrogen-bond donors (Lipinski definition) is 3. The predicted molar refractivity (Wildman–Crippen MR) is 95.1 cm³/mol. The fourth-order valence-electron chi connectivity index (χ4n) is 3.01. The van der Waals surface area contributed by atoms with Gasteiger partial charge in [0.05, 0.1) is 12.4 Å². The molecule has 30 heavy (non-hydrogen) atoms. The minimum Gasteiger partial charge on any atom is -0.550 e. The molecular formula is C19H19O11-. The van der Waals surface area contributed by atoms with Gasteiger partial charge in [0.1, 0.15) is 42.4 Å². The fourth-order valence-corrected chi connectivity index (χ4v) is 3.01. The Balaban J connectivity index is 1.74. The van der Waals surface area contributed by atoms with Gasteiger partial charge >= 0.3 is 11.6 Å². The summed E-state index contributed by atoms with van der Waals surface area (Å²) < 4.78 is 20.7. The molecule has 162 valence electrons.